The maximum Gasteiger partial charge on any atom is 0.350 e. The first-order valence-corrected chi connectivity index (χ1v) is 11.1. The fourth-order valence-corrected chi connectivity index (χ4v) is 3.85. The van der Waals surface area contributed by atoms with Gasteiger partial charge in [0, 0.05) is 31.0 Å². The van der Waals surface area contributed by atoms with Crippen molar-refractivity contribution in [2.24, 2.45) is 5.73 Å². The van der Waals surface area contributed by atoms with E-state index in [9.17, 15) is 4.79 Å². The smallest absolute Gasteiger partial charge is 0.350 e. The highest BCUT2D eigenvalue weighted by atomic mass is 16.5. The summed E-state index contributed by atoms with van der Waals surface area (Å²) in [5.41, 5.74) is 8.66. The van der Waals surface area contributed by atoms with Gasteiger partial charge in [-0.25, -0.2) is 14.8 Å². The van der Waals surface area contributed by atoms with Crippen molar-refractivity contribution in [1.82, 2.24) is 24.7 Å². The zero-order chi connectivity index (χ0) is 24.8. The van der Waals surface area contributed by atoms with Crippen molar-refractivity contribution in [3.8, 4) is 11.7 Å². The summed E-state index contributed by atoms with van der Waals surface area (Å²) in [6, 6.07) is 15.0. The van der Waals surface area contributed by atoms with E-state index in [4.69, 9.17) is 20.6 Å². The average Bonchev–Trinajstić information content (AvgIpc) is 3.25. The van der Waals surface area contributed by atoms with Gasteiger partial charge in [0.1, 0.15) is 17.4 Å². The van der Waals surface area contributed by atoms with Crippen LogP contribution in [0.2, 0.25) is 0 Å². The maximum atomic E-state index is 12.8. The topological polar surface area (TPSA) is 145 Å². The van der Waals surface area contributed by atoms with Crippen molar-refractivity contribution in [3.05, 3.63) is 99.5 Å². The number of nitrogens with zero attached hydrogens (tertiary/aromatic N) is 4. The lowest BCUT2D eigenvalue weighted by atomic mass is 9.89. The third-order valence-electron chi connectivity index (χ3n) is 5.42. The van der Waals surface area contributed by atoms with Crippen LogP contribution in [0.15, 0.2) is 65.7 Å². The second kappa shape index (κ2) is 10.7. The van der Waals surface area contributed by atoms with Gasteiger partial charge in [-0.3, -0.25) is 10.4 Å². The number of benzene rings is 2. The van der Waals surface area contributed by atoms with Crippen LogP contribution in [0, 0.1) is 5.41 Å². The number of H-pyrrole nitrogens is 1. The molecule has 0 spiro atoms. The van der Waals surface area contributed by atoms with E-state index in [-0.39, 0.29) is 17.7 Å². The van der Waals surface area contributed by atoms with E-state index in [1.54, 1.807) is 37.7 Å². The summed E-state index contributed by atoms with van der Waals surface area (Å²) >= 11 is 0. The lowest BCUT2D eigenvalue weighted by molar-refractivity contribution is 0.184. The van der Waals surface area contributed by atoms with Crippen molar-refractivity contribution >= 4 is 5.84 Å². The van der Waals surface area contributed by atoms with Gasteiger partial charge in [0.25, 0.3) is 5.95 Å². The summed E-state index contributed by atoms with van der Waals surface area (Å²) in [6.45, 7) is 2.86. The normalized spacial score (nSPS) is 11.8. The van der Waals surface area contributed by atoms with Crippen LogP contribution >= 0.6 is 0 Å². The van der Waals surface area contributed by atoms with Gasteiger partial charge < -0.3 is 15.2 Å². The molecule has 0 saturated heterocycles. The van der Waals surface area contributed by atoms with Crippen molar-refractivity contribution in [2.75, 3.05) is 13.7 Å². The van der Waals surface area contributed by atoms with Crippen molar-refractivity contribution in [1.29, 1.82) is 5.41 Å². The van der Waals surface area contributed by atoms with Gasteiger partial charge >= 0.3 is 5.69 Å². The molecule has 0 aliphatic carbocycles. The fraction of sp³-hybridized carbons (Fsp3) is 0.240. The summed E-state index contributed by atoms with van der Waals surface area (Å²) in [6.07, 6.45) is 3.64. The monoisotopic (exact) mass is 473 g/mol. The number of aromatic nitrogens is 5. The number of nitrogens with one attached hydrogen (secondary N) is 2. The molecule has 2 aromatic heterocycles. The molecule has 0 fully saturated rings. The lowest BCUT2D eigenvalue weighted by Gasteiger charge is -2.18. The Balaban J connectivity index is 1.80. The molecule has 2 aromatic carbocycles. The standard InChI is InChI=1S/C25H27N7O3/c1-3-35-20-12-17(15-34-2)11-19(14-20)21(13-16-5-7-18(8-6-16)22(26)27)23-30-25(33)32(31-23)24-28-9-4-10-29-24/h4-12,14,21H,3,13,15H2,1-2H3,(H3,26,27)(H,30,31,33). The van der Waals surface area contributed by atoms with Gasteiger partial charge in [-0.2, -0.15) is 0 Å². The third kappa shape index (κ3) is 5.61. The molecule has 0 saturated carbocycles. The van der Waals surface area contributed by atoms with E-state index in [0.717, 1.165) is 21.4 Å². The minimum atomic E-state index is -0.429. The van der Waals surface area contributed by atoms with E-state index in [2.05, 4.69) is 20.1 Å². The average molecular weight is 474 g/mol. The zero-order valence-electron chi connectivity index (χ0n) is 19.6. The highest BCUT2D eigenvalue weighted by Gasteiger charge is 2.23. The number of ether oxygens (including phenoxy) is 2. The maximum absolute atomic E-state index is 12.8. The molecule has 180 valence electrons. The number of methoxy groups -OCH3 is 1. The molecule has 0 aliphatic heterocycles. The van der Waals surface area contributed by atoms with E-state index < -0.39 is 5.69 Å². The highest BCUT2D eigenvalue weighted by Crippen LogP contribution is 2.30. The molecule has 1 unspecified atom stereocenters. The van der Waals surface area contributed by atoms with Gasteiger partial charge in [-0.15, -0.1) is 9.78 Å². The Morgan fingerprint density at radius 2 is 1.89 bits per heavy atom. The van der Waals surface area contributed by atoms with Crippen LogP contribution < -0.4 is 16.2 Å². The van der Waals surface area contributed by atoms with Crippen LogP contribution in [0.4, 0.5) is 0 Å². The molecule has 10 heteroatoms. The number of hydrogen-bond donors (Lipinski definition) is 3. The number of nitrogens with two attached hydrogens (primary N) is 1. The number of nitrogen functional groups attached to an aromatic ring is 1. The summed E-state index contributed by atoms with van der Waals surface area (Å²) < 4.78 is 12.3. The largest absolute Gasteiger partial charge is 0.494 e. The molecule has 4 aromatic rings. The van der Waals surface area contributed by atoms with Gasteiger partial charge in [-0.1, -0.05) is 30.3 Å². The summed E-state index contributed by atoms with van der Waals surface area (Å²) in [4.78, 5) is 23.9. The molecular weight excluding hydrogens is 446 g/mol. The van der Waals surface area contributed by atoms with E-state index >= 15 is 0 Å². The lowest BCUT2D eigenvalue weighted by Crippen LogP contribution is -2.18. The number of aromatic amines is 1. The second-order valence-electron chi connectivity index (χ2n) is 7.92. The van der Waals surface area contributed by atoms with Crippen molar-refractivity contribution in [3.63, 3.8) is 0 Å². The second-order valence-corrected chi connectivity index (χ2v) is 7.92. The highest BCUT2D eigenvalue weighted by molar-refractivity contribution is 5.94. The Bertz CT molecular complexity index is 1320. The van der Waals surface area contributed by atoms with Crippen LogP contribution in [0.5, 0.6) is 5.75 Å². The van der Waals surface area contributed by atoms with Crippen LogP contribution in [0.1, 0.15) is 40.9 Å². The van der Waals surface area contributed by atoms with E-state index in [1.165, 1.54) is 0 Å². The Morgan fingerprint density at radius 3 is 2.54 bits per heavy atom. The predicted octanol–water partition coefficient (Wildman–Crippen LogP) is 2.55. The van der Waals surface area contributed by atoms with Crippen LogP contribution in [0.3, 0.4) is 0 Å². The molecule has 4 rings (SSSR count). The van der Waals surface area contributed by atoms with E-state index in [1.807, 2.05) is 37.3 Å². The fourth-order valence-electron chi connectivity index (χ4n) is 3.85. The molecule has 0 radical (unpaired) electrons. The third-order valence-corrected chi connectivity index (χ3v) is 5.42. The van der Waals surface area contributed by atoms with Gasteiger partial charge in [0.2, 0.25) is 0 Å². The molecule has 35 heavy (non-hydrogen) atoms. The van der Waals surface area contributed by atoms with Crippen molar-refractivity contribution in [2.45, 2.75) is 25.9 Å². The first-order chi connectivity index (χ1) is 17.0. The summed E-state index contributed by atoms with van der Waals surface area (Å²) in [7, 11) is 1.64. The molecule has 1 atom stereocenters. The SMILES string of the molecule is CCOc1cc(COC)cc(C(Cc2ccc(C(=N)N)cc2)c2nn(-c3ncccn3)c(=O)[nH]2)c1. The molecule has 0 amide bonds. The minimum Gasteiger partial charge on any atom is -0.494 e. The van der Waals surface area contributed by atoms with Gasteiger partial charge in [0.05, 0.1) is 13.2 Å². The minimum absolute atomic E-state index is 0.00709. The molecule has 4 N–H and O–H groups in total. The molecule has 2 heterocycles. The van der Waals surface area contributed by atoms with E-state index in [0.29, 0.717) is 36.8 Å². The zero-order valence-corrected chi connectivity index (χ0v) is 19.6. The first kappa shape index (κ1) is 23.8. The molecule has 10 nitrogen and oxygen atoms in total. The predicted molar refractivity (Wildman–Crippen MR) is 131 cm³/mol. The van der Waals surface area contributed by atoms with Crippen LogP contribution in [-0.4, -0.2) is 44.3 Å². The summed E-state index contributed by atoms with van der Waals surface area (Å²) in [5.74, 6) is 1.06. The molecule has 0 aliphatic rings. The Morgan fingerprint density at radius 1 is 1.14 bits per heavy atom. The summed E-state index contributed by atoms with van der Waals surface area (Å²) in [5, 5.41) is 12.2. The Hall–Kier alpha value is -4.31. The molecule has 0 bridgehead atoms. The Kier molecular flexibility index (Phi) is 7.32. The number of hydrogen-bond acceptors (Lipinski definition) is 7. The van der Waals surface area contributed by atoms with Crippen LogP contribution in [-0.2, 0) is 17.8 Å². The van der Waals surface area contributed by atoms with Gasteiger partial charge in [0.15, 0.2) is 0 Å². The number of amidine groups is 1. The van der Waals surface area contributed by atoms with Gasteiger partial charge in [-0.05, 0) is 48.2 Å². The Labute approximate surface area is 202 Å². The first-order valence-electron chi connectivity index (χ1n) is 11.1. The van der Waals surface area contributed by atoms with Crippen molar-refractivity contribution < 1.29 is 9.47 Å². The molecular formula is C25H27N7O3. The number of rotatable bonds is 10. The quantitative estimate of drug-likeness (QED) is 0.237. The van der Waals surface area contributed by atoms with Crippen LogP contribution in [0.25, 0.3) is 5.95 Å².